The first-order valence-electron chi connectivity index (χ1n) is 3.12. The summed E-state index contributed by atoms with van der Waals surface area (Å²) < 4.78 is 0. The van der Waals surface area contributed by atoms with E-state index in [0.717, 1.165) is 0 Å². The van der Waals surface area contributed by atoms with Crippen LogP contribution in [0, 0.1) is 0 Å². The zero-order chi connectivity index (χ0) is 8.97. The number of rotatable bonds is 1. The van der Waals surface area contributed by atoms with Gasteiger partial charge in [0.15, 0.2) is 0 Å². The molecule has 0 bridgehead atoms. The first-order valence-corrected chi connectivity index (χ1v) is 3.91. The van der Waals surface area contributed by atoms with Gasteiger partial charge in [0.05, 0.1) is 15.7 Å². The number of aliphatic imine (C=N–C) groups is 1. The largest absolute Gasteiger partial charge is 0.287 e. The van der Waals surface area contributed by atoms with E-state index in [4.69, 9.17) is 11.6 Å². The highest BCUT2D eigenvalue weighted by molar-refractivity contribution is 7.78. The highest BCUT2D eigenvalue weighted by atomic mass is 35.5. The van der Waals surface area contributed by atoms with Crippen molar-refractivity contribution in [3.8, 4) is 0 Å². The topological polar surface area (TPSA) is 29.4 Å². The summed E-state index contributed by atoms with van der Waals surface area (Å²) in [6.45, 7) is 0. The van der Waals surface area contributed by atoms with E-state index in [1.807, 2.05) is 5.16 Å². The standard InChI is InChI=1S/C8H4ClNOS/c9-7-4-2-1-3-6(7)8(11)10-5-12/h1-4H. The van der Waals surface area contributed by atoms with E-state index < -0.39 is 5.91 Å². The molecule has 0 spiro atoms. The number of hydrogen-bond donors (Lipinski definition) is 0. The van der Waals surface area contributed by atoms with Gasteiger partial charge < -0.3 is 0 Å². The Morgan fingerprint density at radius 3 is 2.75 bits per heavy atom. The Morgan fingerprint density at radius 2 is 2.17 bits per heavy atom. The van der Waals surface area contributed by atoms with Crippen LogP contribution >= 0.6 is 23.8 Å². The van der Waals surface area contributed by atoms with Gasteiger partial charge in [-0.1, -0.05) is 23.7 Å². The third-order valence-electron chi connectivity index (χ3n) is 1.25. The lowest BCUT2D eigenvalue weighted by Gasteiger charge is -1.95. The second-order valence-electron chi connectivity index (χ2n) is 1.99. The third kappa shape index (κ3) is 1.98. The maximum absolute atomic E-state index is 11.1. The Kier molecular flexibility index (Phi) is 3.11. The average Bonchev–Trinajstić information content (AvgIpc) is 2.05. The molecule has 0 radical (unpaired) electrons. The second-order valence-corrected chi connectivity index (χ2v) is 2.58. The average molecular weight is 198 g/mol. The molecule has 0 aliphatic heterocycles. The number of thiocarbonyl (C=S) groups is 1. The maximum atomic E-state index is 11.1. The number of nitrogens with zero attached hydrogens (tertiary/aromatic N) is 1. The van der Waals surface area contributed by atoms with Crippen molar-refractivity contribution in [2.75, 3.05) is 0 Å². The van der Waals surface area contributed by atoms with Crippen molar-refractivity contribution in [1.82, 2.24) is 0 Å². The van der Waals surface area contributed by atoms with E-state index in [-0.39, 0.29) is 0 Å². The first-order chi connectivity index (χ1) is 5.75. The molecule has 0 unspecified atom stereocenters. The molecule has 1 rings (SSSR count). The first kappa shape index (κ1) is 9.07. The normalized spacial score (nSPS) is 8.75. The minimum absolute atomic E-state index is 0.344. The van der Waals surface area contributed by atoms with Gasteiger partial charge in [-0.15, -0.1) is 0 Å². The third-order valence-corrected chi connectivity index (χ3v) is 1.67. The molecule has 1 amide bonds. The molecular weight excluding hydrogens is 194 g/mol. The lowest BCUT2D eigenvalue weighted by molar-refractivity contribution is 0.100. The van der Waals surface area contributed by atoms with Gasteiger partial charge in [0.2, 0.25) is 0 Å². The van der Waals surface area contributed by atoms with Gasteiger partial charge in [0.1, 0.15) is 0 Å². The van der Waals surface area contributed by atoms with Gasteiger partial charge in [0, 0.05) is 0 Å². The molecule has 0 N–H and O–H groups in total. The van der Waals surface area contributed by atoms with Crippen molar-refractivity contribution in [3.05, 3.63) is 34.9 Å². The summed E-state index contributed by atoms with van der Waals surface area (Å²) >= 11 is 10.0. The molecule has 0 heterocycles. The predicted molar refractivity (Wildman–Crippen MR) is 50.8 cm³/mol. The van der Waals surface area contributed by atoms with Gasteiger partial charge >= 0.3 is 0 Å². The van der Waals surface area contributed by atoms with Crippen LogP contribution in [0.25, 0.3) is 0 Å². The van der Waals surface area contributed by atoms with Crippen molar-refractivity contribution in [1.29, 1.82) is 0 Å². The molecule has 4 heteroatoms. The van der Waals surface area contributed by atoms with Crippen LogP contribution < -0.4 is 0 Å². The monoisotopic (exact) mass is 197 g/mol. The van der Waals surface area contributed by atoms with Gasteiger partial charge in [-0.2, -0.15) is 4.99 Å². The summed E-state index contributed by atoms with van der Waals surface area (Å²) in [6.07, 6.45) is 0. The molecule has 0 aromatic heterocycles. The summed E-state index contributed by atoms with van der Waals surface area (Å²) in [5.41, 5.74) is 0.344. The zero-order valence-corrected chi connectivity index (χ0v) is 7.52. The fraction of sp³-hybridized carbons (Fsp3) is 0. The molecule has 0 saturated heterocycles. The Balaban J connectivity index is 3.11. The summed E-state index contributed by atoms with van der Waals surface area (Å²) in [5.74, 6) is -0.462. The SMILES string of the molecule is O=C(N=C=S)c1ccccc1Cl. The smallest absolute Gasteiger partial charge is 0.266 e. The van der Waals surface area contributed by atoms with E-state index in [1.165, 1.54) is 0 Å². The summed E-state index contributed by atoms with van der Waals surface area (Å²) in [6, 6.07) is 6.65. The second kappa shape index (κ2) is 4.12. The van der Waals surface area contributed by atoms with Crippen molar-refractivity contribution >= 4 is 34.9 Å². The number of amides is 1. The van der Waals surface area contributed by atoms with Crippen LogP contribution in [-0.2, 0) is 0 Å². The van der Waals surface area contributed by atoms with Crippen molar-refractivity contribution in [3.63, 3.8) is 0 Å². The molecule has 1 aromatic carbocycles. The molecule has 0 saturated carbocycles. The fourth-order valence-electron chi connectivity index (χ4n) is 0.736. The van der Waals surface area contributed by atoms with Crippen LogP contribution in [0.3, 0.4) is 0 Å². The molecule has 60 valence electrons. The van der Waals surface area contributed by atoms with E-state index in [1.54, 1.807) is 24.3 Å². The molecule has 0 aliphatic rings. The predicted octanol–water partition coefficient (Wildman–Crippen LogP) is 2.58. The zero-order valence-electron chi connectivity index (χ0n) is 5.95. The van der Waals surface area contributed by atoms with Gasteiger partial charge in [0.25, 0.3) is 5.91 Å². The summed E-state index contributed by atoms with van der Waals surface area (Å²) in [4.78, 5) is 14.4. The summed E-state index contributed by atoms with van der Waals surface area (Å²) in [5, 5.41) is 2.37. The highest BCUT2D eigenvalue weighted by Crippen LogP contribution is 2.15. The molecule has 1 aromatic rings. The Bertz CT molecular complexity index is 358. The van der Waals surface area contributed by atoms with Crippen molar-refractivity contribution in [2.24, 2.45) is 4.99 Å². The summed E-state index contributed by atoms with van der Waals surface area (Å²) in [7, 11) is 0. The maximum Gasteiger partial charge on any atom is 0.287 e. The van der Waals surface area contributed by atoms with Gasteiger partial charge in [-0.05, 0) is 24.4 Å². The van der Waals surface area contributed by atoms with Crippen LogP contribution in [0.1, 0.15) is 10.4 Å². The van der Waals surface area contributed by atoms with Gasteiger partial charge in [-0.3, -0.25) is 4.79 Å². The van der Waals surface area contributed by atoms with Crippen LogP contribution in [0.5, 0.6) is 0 Å². The number of benzene rings is 1. The van der Waals surface area contributed by atoms with Crippen molar-refractivity contribution < 1.29 is 4.79 Å². The molecule has 0 atom stereocenters. The Morgan fingerprint density at radius 1 is 1.50 bits per heavy atom. The number of carbonyl (C=O) groups excluding carboxylic acids is 1. The Labute approximate surface area is 79.9 Å². The van der Waals surface area contributed by atoms with Crippen molar-refractivity contribution in [2.45, 2.75) is 0 Å². The molecule has 0 aliphatic carbocycles. The lowest BCUT2D eigenvalue weighted by atomic mass is 10.2. The van der Waals surface area contributed by atoms with E-state index in [9.17, 15) is 4.79 Å². The van der Waals surface area contributed by atoms with E-state index in [0.29, 0.717) is 10.6 Å². The van der Waals surface area contributed by atoms with Crippen LogP contribution in [0.2, 0.25) is 5.02 Å². The minimum atomic E-state index is -0.462. The van der Waals surface area contributed by atoms with Gasteiger partial charge in [-0.25, -0.2) is 0 Å². The molecule has 0 fully saturated rings. The van der Waals surface area contributed by atoms with E-state index in [2.05, 4.69) is 17.2 Å². The molecule has 2 nitrogen and oxygen atoms in total. The lowest BCUT2D eigenvalue weighted by Crippen LogP contribution is -1.94. The number of hydrogen-bond acceptors (Lipinski definition) is 2. The number of halogens is 1. The molecule has 12 heavy (non-hydrogen) atoms. The number of carbonyl (C=O) groups is 1. The van der Waals surface area contributed by atoms with Crippen LogP contribution in [0.15, 0.2) is 29.3 Å². The Hall–Kier alpha value is -1.02. The fourth-order valence-corrected chi connectivity index (χ4v) is 1.04. The highest BCUT2D eigenvalue weighted by Gasteiger charge is 2.06. The van der Waals surface area contributed by atoms with Crippen LogP contribution in [0.4, 0.5) is 0 Å². The van der Waals surface area contributed by atoms with Crippen LogP contribution in [-0.4, -0.2) is 11.1 Å². The molecular formula is C8H4ClNOS. The number of isothiocyanates is 1. The minimum Gasteiger partial charge on any atom is -0.266 e. The quantitative estimate of drug-likeness (QED) is 0.512. The van der Waals surface area contributed by atoms with E-state index >= 15 is 0 Å².